The van der Waals surface area contributed by atoms with E-state index in [1.54, 1.807) is 7.11 Å². The Hall–Kier alpha value is -0.580. The molecule has 1 aromatic carbocycles. The van der Waals surface area contributed by atoms with Crippen LogP contribution in [0.2, 0.25) is 0 Å². The van der Waals surface area contributed by atoms with Crippen molar-refractivity contribution in [3.05, 3.63) is 28.2 Å². The van der Waals surface area contributed by atoms with Crippen LogP contribution >= 0.6 is 15.9 Å². The Morgan fingerprint density at radius 1 is 1.40 bits per heavy atom. The molecule has 3 rings (SSSR count). The maximum absolute atomic E-state index is 5.51. The van der Waals surface area contributed by atoms with E-state index < -0.39 is 0 Å². The van der Waals surface area contributed by atoms with Crippen LogP contribution in [0.5, 0.6) is 5.75 Å². The third-order valence-corrected chi connectivity index (χ3v) is 5.61. The molecule has 2 atom stereocenters. The Bertz CT molecular complexity index is 503. The number of benzene rings is 1. The summed E-state index contributed by atoms with van der Waals surface area (Å²) < 4.78 is 6.63. The van der Waals surface area contributed by atoms with Crippen LogP contribution in [0.4, 0.5) is 0 Å². The lowest BCUT2D eigenvalue weighted by molar-refractivity contribution is 0.131. The molecule has 1 aromatic rings. The average molecular weight is 339 g/mol. The molecule has 2 heterocycles. The second-order valence-electron chi connectivity index (χ2n) is 6.52. The number of halogens is 1. The van der Waals surface area contributed by atoms with Crippen molar-refractivity contribution in [3.8, 4) is 5.75 Å². The predicted molar refractivity (Wildman–Crippen MR) is 85.0 cm³/mol. The standard InChI is InChI=1S/C16H23BrN2O/c1-16(2)14-8-18-7-12(14)10-19(16)9-11-6-13(17)4-5-15(11)20-3/h4-6,12,14,18H,7-10H2,1-3H3. The lowest BCUT2D eigenvalue weighted by atomic mass is 9.85. The van der Waals surface area contributed by atoms with Crippen molar-refractivity contribution < 1.29 is 4.74 Å². The number of hydrogen-bond donors (Lipinski definition) is 1. The Morgan fingerprint density at radius 2 is 2.20 bits per heavy atom. The second kappa shape index (κ2) is 5.32. The predicted octanol–water partition coefficient (Wildman–Crippen LogP) is 2.89. The highest BCUT2D eigenvalue weighted by atomic mass is 79.9. The molecule has 4 heteroatoms. The molecular formula is C16H23BrN2O. The van der Waals surface area contributed by atoms with E-state index in [4.69, 9.17) is 4.74 Å². The molecule has 0 spiro atoms. The summed E-state index contributed by atoms with van der Waals surface area (Å²) >= 11 is 3.57. The summed E-state index contributed by atoms with van der Waals surface area (Å²) in [6.07, 6.45) is 0. The molecule has 3 nitrogen and oxygen atoms in total. The van der Waals surface area contributed by atoms with Crippen molar-refractivity contribution in [3.63, 3.8) is 0 Å². The van der Waals surface area contributed by atoms with Crippen LogP contribution in [-0.4, -0.2) is 37.2 Å². The first-order valence-corrected chi connectivity index (χ1v) is 8.10. The first kappa shape index (κ1) is 14.4. The summed E-state index contributed by atoms with van der Waals surface area (Å²) in [7, 11) is 1.75. The molecule has 110 valence electrons. The van der Waals surface area contributed by atoms with Gasteiger partial charge in [0.1, 0.15) is 5.75 Å². The van der Waals surface area contributed by atoms with Crippen molar-refractivity contribution in [2.45, 2.75) is 25.9 Å². The molecule has 2 aliphatic heterocycles. The highest BCUT2D eigenvalue weighted by Crippen LogP contribution is 2.42. The van der Waals surface area contributed by atoms with Gasteiger partial charge >= 0.3 is 0 Å². The van der Waals surface area contributed by atoms with Gasteiger partial charge in [0, 0.05) is 35.2 Å². The minimum Gasteiger partial charge on any atom is -0.496 e. The van der Waals surface area contributed by atoms with Gasteiger partial charge in [-0.3, -0.25) is 4.90 Å². The third kappa shape index (κ3) is 2.38. The lowest BCUT2D eigenvalue weighted by Gasteiger charge is -2.36. The van der Waals surface area contributed by atoms with E-state index in [1.807, 2.05) is 12.1 Å². The Labute approximate surface area is 129 Å². The highest BCUT2D eigenvalue weighted by molar-refractivity contribution is 9.10. The van der Waals surface area contributed by atoms with Crippen LogP contribution in [0.15, 0.2) is 22.7 Å². The average Bonchev–Trinajstić information content (AvgIpc) is 2.94. The molecule has 0 radical (unpaired) electrons. The Morgan fingerprint density at radius 3 is 2.90 bits per heavy atom. The van der Waals surface area contributed by atoms with E-state index in [2.05, 4.69) is 46.1 Å². The third-order valence-electron chi connectivity index (χ3n) is 5.12. The maximum atomic E-state index is 5.51. The fourth-order valence-corrected chi connectivity index (χ4v) is 4.26. The molecule has 2 aliphatic rings. The van der Waals surface area contributed by atoms with Gasteiger partial charge in [0.25, 0.3) is 0 Å². The molecule has 1 N–H and O–H groups in total. The molecule has 2 fully saturated rings. The van der Waals surface area contributed by atoms with Gasteiger partial charge in [0.2, 0.25) is 0 Å². The van der Waals surface area contributed by atoms with Gasteiger partial charge in [0.15, 0.2) is 0 Å². The van der Waals surface area contributed by atoms with Crippen LogP contribution in [0.1, 0.15) is 19.4 Å². The molecule has 2 unspecified atom stereocenters. The van der Waals surface area contributed by atoms with Gasteiger partial charge in [-0.1, -0.05) is 15.9 Å². The van der Waals surface area contributed by atoms with Crippen LogP contribution in [0.3, 0.4) is 0 Å². The first-order valence-electron chi connectivity index (χ1n) is 7.30. The second-order valence-corrected chi connectivity index (χ2v) is 7.43. The summed E-state index contributed by atoms with van der Waals surface area (Å²) in [6.45, 7) is 9.23. The van der Waals surface area contributed by atoms with Crippen LogP contribution < -0.4 is 10.1 Å². The van der Waals surface area contributed by atoms with Gasteiger partial charge in [-0.15, -0.1) is 0 Å². The van der Waals surface area contributed by atoms with E-state index in [1.165, 1.54) is 18.7 Å². The summed E-state index contributed by atoms with van der Waals surface area (Å²) in [4.78, 5) is 2.62. The normalized spacial score (nSPS) is 28.6. The topological polar surface area (TPSA) is 24.5 Å². The van der Waals surface area contributed by atoms with Crippen molar-refractivity contribution in [2.24, 2.45) is 11.8 Å². The molecular weight excluding hydrogens is 316 g/mol. The van der Waals surface area contributed by atoms with E-state index >= 15 is 0 Å². The maximum Gasteiger partial charge on any atom is 0.123 e. The molecule has 0 amide bonds. The van der Waals surface area contributed by atoms with Crippen molar-refractivity contribution in [2.75, 3.05) is 26.7 Å². The zero-order valence-corrected chi connectivity index (χ0v) is 14.0. The molecule has 0 bridgehead atoms. The highest BCUT2D eigenvalue weighted by Gasteiger charge is 2.49. The fraction of sp³-hybridized carbons (Fsp3) is 0.625. The van der Waals surface area contributed by atoms with E-state index in [-0.39, 0.29) is 5.54 Å². The molecule has 0 aromatic heterocycles. The van der Waals surface area contributed by atoms with Gasteiger partial charge in [0.05, 0.1) is 7.11 Å². The zero-order valence-electron chi connectivity index (χ0n) is 12.4. The molecule has 2 saturated heterocycles. The van der Waals surface area contributed by atoms with Crippen molar-refractivity contribution in [1.29, 1.82) is 0 Å². The summed E-state index contributed by atoms with van der Waals surface area (Å²) in [5.41, 5.74) is 1.52. The number of likely N-dealkylation sites (tertiary alicyclic amines) is 1. The number of ether oxygens (including phenoxy) is 1. The minimum atomic E-state index is 0.251. The summed E-state index contributed by atoms with van der Waals surface area (Å²) in [5.74, 6) is 2.54. The van der Waals surface area contributed by atoms with Crippen molar-refractivity contribution in [1.82, 2.24) is 10.2 Å². The van der Waals surface area contributed by atoms with Gasteiger partial charge in [-0.25, -0.2) is 0 Å². The van der Waals surface area contributed by atoms with Crippen LogP contribution in [-0.2, 0) is 6.54 Å². The smallest absolute Gasteiger partial charge is 0.123 e. The summed E-state index contributed by atoms with van der Waals surface area (Å²) in [6, 6.07) is 6.27. The Kier molecular flexibility index (Phi) is 3.82. The lowest BCUT2D eigenvalue weighted by Crippen LogP contribution is -2.43. The number of fused-ring (bicyclic) bond motifs is 1. The van der Waals surface area contributed by atoms with Gasteiger partial charge in [-0.2, -0.15) is 0 Å². The van der Waals surface area contributed by atoms with E-state index in [9.17, 15) is 0 Å². The van der Waals surface area contributed by atoms with Crippen molar-refractivity contribution >= 4 is 15.9 Å². The molecule has 20 heavy (non-hydrogen) atoms. The van der Waals surface area contributed by atoms with Gasteiger partial charge < -0.3 is 10.1 Å². The SMILES string of the molecule is COc1ccc(Br)cc1CN1CC2CNCC2C1(C)C. The Balaban J connectivity index is 1.83. The number of nitrogens with zero attached hydrogens (tertiary/aromatic N) is 1. The minimum absolute atomic E-state index is 0.251. The quantitative estimate of drug-likeness (QED) is 0.917. The number of hydrogen-bond acceptors (Lipinski definition) is 3. The molecule has 0 saturated carbocycles. The zero-order chi connectivity index (χ0) is 14.3. The monoisotopic (exact) mass is 338 g/mol. The number of nitrogens with one attached hydrogen (secondary N) is 1. The van der Waals surface area contributed by atoms with E-state index in [0.29, 0.717) is 0 Å². The van der Waals surface area contributed by atoms with Crippen LogP contribution in [0, 0.1) is 11.8 Å². The van der Waals surface area contributed by atoms with Crippen LogP contribution in [0.25, 0.3) is 0 Å². The molecule has 0 aliphatic carbocycles. The number of methoxy groups -OCH3 is 1. The van der Waals surface area contributed by atoms with Gasteiger partial charge in [-0.05, 0) is 50.4 Å². The largest absolute Gasteiger partial charge is 0.496 e. The fourth-order valence-electron chi connectivity index (χ4n) is 3.85. The summed E-state index contributed by atoms with van der Waals surface area (Å²) in [5, 5.41) is 3.54. The van der Waals surface area contributed by atoms with E-state index in [0.717, 1.165) is 35.1 Å². The first-order chi connectivity index (χ1) is 9.52. The number of rotatable bonds is 3.